The van der Waals surface area contributed by atoms with Gasteiger partial charge in [0.1, 0.15) is 18.8 Å². The van der Waals surface area contributed by atoms with E-state index in [1.165, 1.54) is 18.2 Å². The number of benzene rings is 1. The quantitative estimate of drug-likeness (QED) is 0.622. The van der Waals surface area contributed by atoms with Gasteiger partial charge in [-0.15, -0.1) is 0 Å². The zero-order valence-electron chi connectivity index (χ0n) is 10.5. The van der Waals surface area contributed by atoms with Crippen LogP contribution in [0.15, 0.2) is 30.3 Å². The van der Waals surface area contributed by atoms with Crippen molar-refractivity contribution in [2.24, 2.45) is 5.73 Å². The van der Waals surface area contributed by atoms with E-state index in [4.69, 9.17) is 15.9 Å². The van der Waals surface area contributed by atoms with Crippen LogP contribution in [0.4, 0.5) is 0 Å². The number of nitrogens with zero attached hydrogens (tertiary/aromatic N) is 1. The summed E-state index contributed by atoms with van der Waals surface area (Å²) in [5, 5.41) is 17.8. The van der Waals surface area contributed by atoms with E-state index in [1.54, 1.807) is 12.1 Å². The summed E-state index contributed by atoms with van der Waals surface area (Å²) in [5.74, 6) is -2.58. The van der Waals surface area contributed by atoms with Crippen LogP contribution in [0.25, 0.3) is 6.08 Å². The Bertz CT molecular complexity index is 520. The highest BCUT2D eigenvalue weighted by Crippen LogP contribution is 2.10. The van der Waals surface area contributed by atoms with Gasteiger partial charge in [-0.05, 0) is 23.8 Å². The van der Waals surface area contributed by atoms with Crippen molar-refractivity contribution in [1.82, 2.24) is 4.90 Å². The first-order valence-corrected chi connectivity index (χ1v) is 5.64. The molecule has 0 aromatic heterocycles. The molecule has 7 heteroatoms. The van der Waals surface area contributed by atoms with E-state index in [-0.39, 0.29) is 5.75 Å². The van der Waals surface area contributed by atoms with Gasteiger partial charge in [0, 0.05) is 6.08 Å². The van der Waals surface area contributed by atoms with Crippen LogP contribution in [0.2, 0.25) is 0 Å². The highest BCUT2D eigenvalue weighted by Gasteiger charge is 2.16. The number of hydrogen-bond acceptors (Lipinski definition) is 4. The standard InChI is InChI=1S/C13H14N2O5/c14-11(17)7-15(8-13(19)20)12(18)6-3-9-1-4-10(16)5-2-9/h1-6,16H,7-8H2,(H2,14,17)(H,19,20)/b6-3+. The first-order chi connectivity index (χ1) is 9.38. The third-order valence-electron chi connectivity index (χ3n) is 2.30. The number of nitrogens with two attached hydrogens (primary N) is 1. The molecule has 1 rings (SSSR count). The number of aliphatic carboxylic acids is 1. The van der Waals surface area contributed by atoms with Gasteiger partial charge in [0.15, 0.2) is 0 Å². The minimum Gasteiger partial charge on any atom is -0.508 e. The molecular weight excluding hydrogens is 264 g/mol. The van der Waals surface area contributed by atoms with Crippen LogP contribution in [0.5, 0.6) is 5.75 Å². The summed E-state index contributed by atoms with van der Waals surface area (Å²) in [7, 11) is 0. The lowest BCUT2D eigenvalue weighted by atomic mass is 10.2. The Morgan fingerprint density at radius 2 is 1.75 bits per heavy atom. The molecule has 0 radical (unpaired) electrons. The Hall–Kier alpha value is -2.83. The number of carboxylic acids is 1. The predicted octanol–water partition coefficient (Wildman–Crippen LogP) is -0.196. The Labute approximate surface area is 114 Å². The van der Waals surface area contributed by atoms with Crippen molar-refractivity contribution in [1.29, 1.82) is 0 Å². The second-order valence-electron chi connectivity index (χ2n) is 3.98. The number of rotatable bonds is 6. The van der Waals surface area contributed by atoms with Gasteiger partial charge >= 0.3 is 5.97 Å². The molecule has 0 aliphatic rings. The average molecular weight is 278 g/mol. The molecule has 106 valence electrons. The molecule has 1 aromatic carbocycles. The lowest BCUT2D eigenvalue weighted by molar-refractivity contribution is -0.143. The molecule has 0 bridgehead atoms. The molecule has 0 unspecified atom stereocenters. The third-order valence-corrected chi connectivity index (χ3v) is 2.30. The van der Waals surface area contributed by atoms with Gasteiger partial charge in [-0.25, -0.2) is 0 Å². The Balaban J connectivity index is 2.76. The second-order valence-corrected chi connectivity index (χ2v) is 3.98. The van der Waals surface area contributed by atoms with Crippen molar-refractivity contribution in [3.63, 3.8) is 0 Å². The monoisotopic (exact) mass is 278 g/mol. The van der Waals surface area contributed by atoms with Crippen LogP contribution in [0.3, 0.4) is 0 Å². The third kappa shape index (κ3) is 5.21. The molecular formula is C13H14N2O5. The van der Waals surface area contributed by atoms with E-state index in [0.717, 1.165) is 11.0 Å². The average Bonchev–Trinajstić information content (AvgIpc) is 2.36. The van der Waals surface area contributed by atoms with Crippen LogP contribution in [0, 0.1) is 0 Å². The summed E-state index contributed by atoms with van der Waals surface area (Å²) in [6.07, 6.45) is 2.58. The lowest BCUT2D eigenvalue weighted by Gasteiger charge is -2.16. The number of phenolic OH excluding ortho intramolecular Hbond substituents is 1. The van der Waals surface area contributed by atoms with Crippen molar-refractivity contribution < 1.29 is 24.6 Å². The van der Waals surface area contributed by atoms with Crippen molar-refractivity contribution in [3.05, 3.63) is 35.9 Å². The van der Waals surface area contributed by atoms with E-state index in [1.807, 2.05) is 0 Å². The maximum absolute atomic E-state index is 11.8. The van der Waals surface area contributed by atoms with Crippen LogP contribution in [0.1, 0.15) is 5.56 Å². The smallest absolute Gasteiger partial charge is 0.323 e. The number of carbonyl (C=O) groups excluding carboxylic acids is 2. The van der Waals surface area contributed by atoms with Gasteiger partial charge in [0.05, 0.1) is 0 Å². The number of carbonyl (C=O) groups is 3. The van der Waals surface area contributed by atoms with Crippen LogP contribution in [-0.2, 0) is 14.4 Å². The zero-order valence-corrected chi connectivity index (χ0v) is 10.5. The molecule has 20 heavy (non-hydrogen) atoms. The molecule has 1 aromatic rings. The maximum atomic E-state index is 11.8. The zero-order chi connectivity index (χ0) is 15.1. The summed E-state index contributed by atoms with van der Waals surface area (Å²) >= 11 is 0. The maximum Gasteiger partial charge on any atom is 0.323 e. The summed E-state index contributed by atoms with van der Waals surface area (Å²) in [6, 6.07) is 6.05. The normalized spacial score (nSPS) is 10.4. The minimum absolute atomic E-state index is 0.0923. The first kappa shape index (κ1) is 15.2. The van der Waals surface area contributed by atoms with E-state index < -0.39 is 30.9 Å². The highest BCUT2D eigenvalue weighted by molar-refractivity contribution is 5.95. The molecule has 0 saturated carbocycles. The van der Waals surface area contributed by atoms with Gasteiger partial charge in [-0.3, -0.25) is 14.4 Å². The summed E-state index contributed by atoms with van der Waals surface area (Å²) < 4.78 is 0. The minimum atomic E-state index is -1.24. The number of aromatic hydroxyl groups is 1. The predicted molar refractivity (Wildman–Crippen MR) is 70.6 cm³/mol. The summed E-state index contributed by atoms with van der Waals surface area (Å²) in [4.78, 5) is 34.0. The van der Waals surface area contributed by atoms with Gasteiger partial charge in [-0.2, -0.15) is 0 Å². The van der Waals surface area contributed by atoms with E-state index in [0.29, 0.717) is 5.56 Å². The number of primary amides is 1. The molecule has 7 nitrogen and oxygen atoms in total. The molecule has 0 aliphatic carbocycles. The van der Waals surface area contributed by atoms with Gasteiger partial charge in [-0.1, -0.05) is 12.1 Å². The molecule has 4 N–H and O–H groups in total. The number of amides is 2. The van der Waals surface area contributed by atoms with E-state index in [2.05, 4.69) is 0 Å². The summed E-state index contributed by atoms with van der Waals surface area (Å²) in [6.45, 7) is -1.08. The fourth-order valence-electron chi connectivity index (χ4n) is 1.42. The first-order valence-electron chi connectivity index (χ1n) is 5.64. The van der Waals surface area contributed by atoms with Crippen molar-refractivity contribution >= 4 is 23.9 Å². The molecule has 0 heterocycles. The summed E-state index contributed by atoms with van der Waals surface area (Å²) in [5.41, 5.74) is 5.60. The molecule has 0 aliphatic heterocycles. The van der Waals surface area contributed by atoms with Crippen LogP contribution in [-0.4, -0.2) is 46.0 Å². The van der Waals surface area contributed by atoms with E-state index in [9.17, 15) is 14.4 Å². The molecule has 0 atom stereocenters. The molecule has 0 fully saturated rings. The Morgan fingerprint density at radius 3 is 2.25 bits per heavy atom. The Morgan fingerprint density at radius 1 is 1.15 bits per heavy atom. The number of carboxylic acid groups (broad SMARTS) is 1. The SMILES string of the molecule is NC(=O)CN(CC(=O)O)C(=O)/C=C/c1ccc(O)cc1. The molecule has 0 saturated heterocycles. The number of phenols is 1. The van der Waals surface area contributed by atoms with Gasteiger partial charge in [0.25, 0.3) is 0 Å². The Kier molecular flexibility index (Phi) is 5.28. The van der Waals surface area contributed by atoms with Gasteiger partial charge < -0.3 is 20.8 Å². The number of hydrogen-bond donors (Lipinski definition) is 3. The van der Waals surface area contributed by atoms with E-state index >= 15 is 0 Å². The van der Waals surface area contributed by atoms with Gasteiger partial charge in [0.2, 0.25) is 11.8 Å². The lowest BCUT2D eigenvalue weighted by Crippen LogP contribution is -2.40. The topological polar surface area (TPSA) is 121 Å². The van der Waals surface area contributed by atoms with Crippen molar-refractivity contribution in [2.75, 3.05) is 13.1 Å². The fourth-order valence-corrected chi connectivity index (χ4v) is 1.42. The molecule has 2 amide bonds. The fraction of sp³-hybridized carbons (Fsp3) is 0.154. The van der Waals surface area contributed by atoms with Crippen LogP contribution < -0.4 is 5.73 Å². The van der Waals surface area contributed by atoms with Crippen molar-refractivity contribution in [2.45, 2.75) is 0 Å². The van der Waals surface area contributed by atoms with Crippen LogP contribution >= 0.6 is 0 Å². The van der Waals surface area contributed by atoms with Crippen molar-refractivity contribution in [3.8, 4) is 5.75 Å². The molecule has 0 spiro atoms. The second kappa shape index (κ2) is 6.93. The largest absolute Gasteiger partial charge is 0.508 e. The highest BCUT2D eigenvalue weighted by atomic mass is 16.4.